The van der Waals surface area contributed by atoms with Gasteiger partial charge >= 0.3 is 6.03 Å². The maximum absolute atomic E-state index is 12.5. The minimum Gasteiger partial charge on any atom is -0.396 e. The molecule has 4 nitrogen and oxygen atoms in total. The number of aliphatic hydroxyl groups is 1. The van der Waals surface area contributed by atoms with Crippen LogP contribution in [0.1, 0.15) is 64.2 Å². The molecule has 0 aromatic rings. The first-order valence-corrected chi connectivity index (χ1v) is 9.31. The zero-order valence-electron chi connectivity index (χ0n) is 14.0. The van der Waals surface area contributed by atoms with Crippen LogP contribution in [0.4, 0.5) is 4.79 Å². The highest BCUT2D eigenvalue weighted by atomic mass is 16.3. The van der Waals surface area contributed by atoms with Gasteiger partial charge in [0.05, 0.1) is 0 Å². The Hall–Kier alpha value is -0.770. The average Bonchev–Trinajstić information content (AvgIpc) is 3.39. The van der Waals surface area contributed by atoms with Gasteiger partial charge in [0.25, 0.3) is 0 Å². The highest BCUT2D eigenvalue weighted by Gasteiger charge is 2.35. The van der Waals surface area contributed by atoms with Gasteiger partial charge in [-0.1, -0.05) is 12.8 Å². The van der Waals surface area contributed by atoms with Gasteiger partial charge in [-0.05, 0) is 69.1 Å². The van der Waals surface area contributed by atoms with E-state index in [2.05, 4.69) is 5.32 Å². The number of carbonyl (C=O) groups is 1. The third-order valence-electron chi connectivity index (χ3n) is 6.27. The number of nitrogens with one attached hydrogen (secondary N) is 1. The van der Waals surface area contributed by atoms with Crippen molar-refractivity contribution >= 4 is 6.03 Å². The minimum atomic E-state index is 0.119. The molecule has 2 atom stereocenters. The van der Waals surface area contributed by atoms with Crippen LogP contribution in [0.15, 0.2) is 0 Å². The van der Waals surface area contributed by atoms with E-state index >= 15 is 0 Å². The summed E-state index contributed by atoms with van der Waals surface area (Å²) in [6.45, 7) is 0.299. The lowest BCUT2D eigenvalue weighted by Crippen LogP contribution is -2.49. The van der Waals surface area contributed by atoms with E-state index < -0.39 is 0 Å². The van der Waals surface area contributed by atoms with Crippen LogP contribution in [0.25, 0.3) is 0 Å². The standard InChI is InChI=1S/C18H32N2O2/c1-20(17-9-5-13(12-21)6-10-17)18(22)19-16-4-2-3-15(11-16)14-7-8-14/h13-17,21H,2-12H2,1H3,(H,19,22)/t13?,15-,16-,17?/m0/s1. The molecule has 4 heteroatoms. The summed E-state index contributed by atoms with van der Waals surface area (Å²) < 4.78 is 0. The Labute approximate surface area is 134 Å². The fourth-order valence-electron chi connectivity index (χ4n) is 4.51. The number of nitrogens with zero attached hydrogens (tertiary/aromatic N) is 1. The molecule has 0 heterocycles. The van der Waals surface area contributed by atoms with Crippen molar-refractivity contribution in [3.63, 3.8) is 0 Å². The molecule has 3 aliphatic carbocycles. The molecule has 3 aliphatic rings. The van der Waals surface area contributed by atoms with Crippen LogP contribution in [-0.4, -0.2) is 41.8 Å². The van der Waals surface area contributed by atoms with E-state index in [0.717, 1.165) is 43.9 Å². The van der Waals surface area contributed by atoms with Gasteiger partial charge in [-0.3, -0.25) is 0 Å². The van der Waals surface area contributed by atoms with E-state index in [-0.39, 0.29) is 6.03 Å². The van der Waals surface area contributed by atoms with E-state index in [1.54, 1.807) is 0 Å². The molecule has 3 rings (SSSR count). The molecule has 22 heavy (non-hydrogen) atoms. The van der Waals surface area contributed by atoms with Gasteiger partial charge in [0.1, 0.15) is 0 Å². The summed E-state index contributed by atoms with van der Waals surface area (Å²) in [7, 11) is 1.94. The molecule has 0 unspecified atom stereocenters. The summed E-state index contributed by atoms with van der Waals surface area (Å²) in [5.41, 5.74) is 0. The Morgan fingerprint density at radius 1 is 1.05 bits per heavy atom. The average molecular weight is 308 g/mol. The maximum Gasteiger partial charge on any atom is 0.317 e. The second-order valence-electron chi connectivity index (χ2n) is 7.88. The van der Waals surface area contributed by atoms with Crippen molar-refractivity contribution in [2.24, 2.45) is 17.8 Å². The number of amides is 2. The lowest BCUT2D eigenvalue weighted by molar-refractivity contribution is 0.130. The van der Waals surface area contributed by atoms with Gasteiger partial charge in [0, 0.05) is 25.7 Å². The molecule has 0 aromatic carbocycles. The fourth-order valence-corrected chi connectivity index (χ4v) is 4.51. The van der Waals surface area contributed by atoms with Gasteiger partial charge in [-0.25, -0.2) is 4.79 Å². The first-order chi connectivity index (χ1) is 10.7. The Morgan fingerprint density at radius 3 is 2.41 bits per heavy atom. The third-order valence-corrected chi connectivity index (χ3v) is 6.27. The molecule has 0 aromatic heterocycles. The van der Waals surface area contributed by atoms with E-state index in [0.29, 0.717) is 24.6 Å². The summed E-state index contributed by atoms with van der Waals surface area (Å²) in [5.74, 6) is 2.28. The predicted octanol–water partition coefficient (Wildman–Crippen LogP) is 3.15. The lowest BCUT2D eigenvalue weighted by atomic mass is 9.82. The third kappa shape index (κ3) is 3.95. The zero-order chi connectivity index (χ0) is 15.5. The zero-order valence-corrected chi connectivity index (χ0v) is 14.0. The quantitative estimate of drug-likeness (QED) is 0.838. The van der Waals surface area contributed by atoms with Crippen LogP contribution in [0.5, 0.6) is 0 Å². The van der Waals surface area contributed by atoms with Gasteiger partial charge in [0.2, 0.25) is 0 Å². The summed E-state index contributed by atoms with van der Waals surface area (Å²) in [4.78, 5) is 14.4. The molecule has 2 amide bonds. The van der Waals surface area contributed by atoms with Crippen LogP contribution in [-0.2, 0) is 0 Å². The van der Waals surface area contributed by atoms with E-state index in [9.17, 15) is 9.90 Å². The number of hydrogen-bond donors (Lipinski definition) is 2. The molecule has 3 fully saturated rings. The van der Waals surface area contributed by atoms with E-state index in [1.807, 2.05) is 11.9 Å². The second-order valence-corrected chi connectivity index (χ2v) is 7.88. The Bertz CT molecular complexity index is 375. The highest BCUT2D eigenvalue weighted by Crippen LogP contribution is 2.43. The molecular weight excluding hydrogens is 276 g/mol. The lowest BCUT2D eigenvalue weighted by Gasteiger charge is -2.36. The molecule has 0 bridgehead atoms. The summed E-state index contributed by atoms with van der Waals surface area (Å²) >= 11 is 0. The van der Waals surface area contributed by atoms with Gasteiger partial charge < -0.3 is 15.3 Å². The first kappa shape index (κ1) is 16.1. The summed E-state index contributed by atoms with van der Waals surface area (Å²) in [6.07, 6.45) is 12.0. The van der Waals surface area contributed by atoms with Crippen LogP contribution in [0, 0.1) is 17.8 Å². The highest BCUT2D eigenvalue weighted by molar-refractivity contribution is 5.74. The largest absolute Gasteiger partial charge is 0.396 e. The molecular formula is C18H32N2O2. The molecule has 3 saturated carbocycles. The van der Waals surface area contributed by atoms with Crippen molar-refractivity contribution in [2.75, 3.05) is 13.7 Å². The molecule has 126 valence electrons. The van der Waals surface area contributed by atoms with Crippen molar-refractivity contribution in [3.05, 3.63) is 0 Å². The molecule has 0 radical (unpaired) electrons. The van der Waals surface area contributed by atoms with Crippen molar-refractivity contribution in [3.8, 4) is 0 Å². The number of carbonyl (C=O) groups excluding carboxylic acids is 1. The molecule has 2 N–H and O–H groups in total. The van der Waals surface area contributed by atoms with Crippen LogP contribution in [0.2, 0.25) is 0 Å². The molecule has 0 aliphatic heterocycles. The molecule has 0 spiro atoms. The number of aliphatic hydroxyl groups excluding tert-OH is 1. The number of urea groups is 1. The SMILES string of the molecule is CN(C(=O)N[C@H]1CCC[C@H](C2CC2)C1)C1CCC(CO)CC1. The predicted molar refractivity (Wildman–Crippen MR) is 87.6 cm³/mol. The van der Waals surface area contributed by atoms with Crippen molar-refractivity contribution in [1.82, 2.24) is 10.2 Å². The van der Waals surface area contributed by atoms with Gasteiger partial charge in [-0.15, -0.1) is 0 Å². The Morgan fingerprint density at radius 2 is 1.77 bits per heavy atom. The van der Waals surface area contributed by atoms with Crippen molar-refractivity contribution in [1.29, 1.82) is 0 Å². The van der Waals surface area contributed by atoms with E-state index in [4.69, 9.17) is 0 Å². The van der Waals surface area contributed by atoms with Gasteiger partial charge in [0.15, 0.2) is 0 Å². The van der Waals surface area contributed by atoms with Crippen LogP contribution in [0.3, 0.4) is 0 Å². The van der Waals surface area contributed by atoms with Crippen molar-refractivity contribution < 1.29 is 9.90 Å². The Kier molecular flexibility index (Phi) is 5.27. The summed E-state index contributed by atoms with van der Waals surface area (Å²) in [6, 6.07) is 0.864. The monoisotopic (exact) mass is 308 g/mol. The smallest absolute Gasteiger partial charge is 0.317 e. The first-order valence-electron chi connectivity index (χ1n) is 9.31. The van der Waals surface area contributed by atoms with Crippen LogP contribution < -0.4 is 5.32 Å². The number of hydrogen-bond acceptors (Lipinski definition) is 2. The maximum atomic E-state index is 12.5. The molecule has 0 saturated heterocycles. The van der Waals surface area contributed by atoms with Crippen molar-refractivity contribution in [2.45, 2.75) is 76.3 Å². The topological polar surface area (TPSA) is 52.6 Å². The van der Waals surface area contributed by atoms with Crippen LogP contribution >= 0.6 is 0 Å². The Balaban J connectivity index is 1.44. The second kappa shape index (κ2) is 7.20. The fraction of sp³-hybridized carbons (Fsp3) is 0.944. The summed E-state index contributed by atoms with van der Waals surface area (Å²) in [5, 5.41) is 12.5. The van der Waals surface area contributed by atoms with Gasteiger partial charge in [-0.2, -0.15) is 0 Å². The van der Waals surface area contributed by atoms with E-state index in [1.165, 1.54) is 32.1 Å². The normalized spacial score (nSPS) is 35.9. The minimum absolute atomic E-state index is 0.119. The number of rotatable bonds is 4.